The van der Waals surface area contributed by atoms with Crippen molar-refractivity contribution in [3.05, 3.63) is 30.1 Å². The minimum absolute atomic E-state index is 0.104. The van der Waals surface area contributed by atoms with Crippen LogP contribution in [0.5, 0.6) is 0 Å². The third-order valence-corrected chi connectivity index (χ3v) is 4.55. The molecule has 1 aromatic rings. The van der Waals surface area contributed by atoms with Gasteiger partial charge in [0.1, 0.15) is 10.7 Å². The van der Waals surface area contributed by atoms with Crippen molar-refractivity contribution in [2.24, 2.45) is 5.41 Å². The Labute approximate surface area is 120 Å². The Morgan fingerprint density at radius 2 is 1.85 bits per heavy atom. The normalized spacial score (nSPS) is 12.9. The van der Waals surface area contributed by atoms with Gasteiger partial charge in [-0.05, 0) is 24.0 Å². The maximum atomic E-state index is 13.7. The van der Waals surface area contributed by atoms with E-state index in [0.717, 1.165) is 6.07 Å². The largest absolute Gasteiger partial charge is 0.396 e. The van der Waals surface area contributed by atoms with E-state index >= 15 is 0 Å². The summed E-state index contributed by atoms with van der Waals surface area (Å²) < 4.78 is 40.1. The first-order chi connectivity index (χ1) is 9.18. The van der Waals surface area contributed by atoms with E-state index in [9.17, 15) is 12.8 Å². The molecule has 0 saturated heterocycles. The SMILES string of the molecule is CC(C)(C)CN(CCCO)S(=O)(=O)c1ccccc1F. The fraction of sp³-hybridized carbons (Fsp3) is 0.571. The molecule has 1 aromatic carbocycles. The van der Waals surface area contributed by atoms with Crippen molar-refractivity contribution >= 4 is 10.0 Å². The zero-order valence-corrected chi connectivity index (χ0v) is 13.0. The first-order valence-corrected chi connectivity index (χ1v) is 7.98. The van der Waals surface area contributed by atoms with Crippen molar-refractivity contribution in [2.75, 3.05) is 19.7 Å². The van der Waals surface area contributed by atoms with Gasteiger partial charge in [-0.3, -0.25) is 0 Å². The highest BCUT2D eigenvalue weighted by molar-refractivity contribution is 7.89. The van der Waals surface area contributed by atoms with E-state index in [1.165, 1.54) is 22.5 Å². The second-order valence-electron chi connectivity index (χ2n) is 5.91. The molecule has 0 aliphatic heterocycles. The molecule has 0 unspecified atom stereocenters. The number of halogens is 1. The number of sulfonamides is 1. The minimum atomic E-state index is -3.89. The Balaban J connectivity index is 3.14. The third kappa shape index (κ3) is 4.54. The van der Waals surface area contributed by atoms with Crippen molar-refractivity contribution in [1.29, 1.82) is 0 Å². The number of rotatable bonds is 6. The molecule has 0 atom stereocenters. The van der Waals surface area contributed by atoms with Crippen LogP contribution in [0.15, 0.2) is 29.2 Å². The maximum Gasteiger partial charge on any atom is 0.246 e. The average Bonchev–Trinajstić information content (AvgIpc) is 2.33. The van der Waals surface area contributed by atoms with Crippen molar-refractivity contribution in [3.8, 4) is 0 Å². The molecular formula is C14H22FNO3S. The maximum absolute atomic E-state index is 13.7. The van der Waals surface area contributed by atoms with Gasteiger partial charge in [-0.1, -0.05) is 32.9 Å². The summed E-state index contributed by atoms with van der Waals surface area (Å²) in [5.74, 6) is -0.754. The first kappa shape index (κ1) is 17.1. The van der Waals surface area contributed by atoms with E-state index in [4.69, 9.17) is 5.11 Å². The number of hydrogen-bond donors (Lipinski definition) is 1. The van der Waals surface area contributed by atoms with E-state index in [0.29, 0.717) is 6.42 Å². The van der Waals surface area contributed by atoms with E-state index < -0.39 is 15.8 Å². The Bertz CT molecular complexity index is 538. The fourth-order valence-corrected chi connectivity index (χ4v) is 3.62. The van der Waals surface area contributed by atoms with Crippen molar-refractivity contribution in [1.82, 2.24) is 4.31 Å². The van der Waals surface area contributed by atoms with Gasteiger partial charge in [-0.2, -0.15) is 4.31 Å². The van der Waals surface area contributed by atoms with Crippen LogP contribution >= 0.6 is 0 Å². The molecule has 0 bridgehead atoms. The number of nitrogens with zero attached hydrogens (tertiary/aromatic N) is 1. The van der Waals surface area contributed by atoms with Gasteiger partial charge in [0.05, 0.1) is 0 Å². The molecule has 0 aromatic heterocycles. The lowest BCUT2D eigenvalue weighted by molar-refractivity contribution is 0.240. The summed E-state index contributed by atoms with van der Waals surface area (Å²) in [7, 11) is -3.89. The molecule has 114 valence electrons. The molecule has 20 heavy (non-hydrogen) atoms. The molecule has 1 rings (SSSR count). The van der Waals surface area contributed by atoms with E-state index in [1.54, 1.807) is 0 Å². The van der Waals surface area contributed by atoms with E-state index in [1.807, 2.05) is 20.8 Å². The lowest BCUT2D eigenvalue weighted by Gasteiger charge is -2.29. The molecule has 0 saturated carbocycles. The third-order valence-electron chi connectivity index (χ3n) is 2.67. The molecule has 0 spiro atoms. The number of benzene rings is 1. The van der Waals surface area contributed by atoms with Crippen LogP contribution in [0.4, 0.5) is 4.39 Å². The lowest BCUT2D eigenvalue weighted by Crippen LogP contribution is -2.39. The summed E-state index contributed by atoms with van der Waals surface area (Å²) in [6.07, 6.45) is 0.323. The predicted molar refractivity (Wildman–Crippen MR) is 76.3 cm³/mol. The molecule has 0 heterocycles. The van der Waals surface area contributed by atoms with Gasteiger partial charge >= 0.3 is 0 Å². The second-order valence-corrected chi connectivity index (χ2v) is 7.81. The van der Waals surface area contributed by atoms with Crippen LogP contribution in [0, 0.1) is 11.2 Å². The van der Waals surface area contributed by atoms with Gasteiger partial charge in [-0.25, -0.2) is 12.8 Å². The van der Waals surface area contributed by atoms with Gasteiger partial charge in [0, 0.05) is 19.7 Å². The quantitative estimate of drug-likeness (QED) is 0.877. The zero-order chi connectivity index (χ0) is 15.4. The summed E-state index contributed by atoms with van der Waals surface area (Å²) >= 11 is 0. The van der Waals surface area contributed by atoms with Crippen LogP contribution < -0.4 is 0 Å². The van der Waals surface area contributed by atoms with Crippen LogP contribution in [0.2, 0.25) is 0 Å². The first-order valence-electron chi connectivity index (χ1n) is 6.54. The molecule has 4 nitrogen and oxygen atoms in total. The standard InChI is InChI=1S/C14H22FNO3S/c1-14(2,3)11-16(9-6-10-17)20(18,19)13-8-5-4-7-12(13)15/h4-5,7-8,17H,6,9-11H2,1-3H3. The van der Waals surface area contributed by atoms with E-state index in [2.05, 4.69) is 0 Å². The second kappa shape index (κ2) is 6.65. The summed E-state index contributed by atoms with van der Waals surface area (Å²) in [5, 5.41) is 8.91. The van der Waals surface area contributed by atoms with Gasteiger partial charge in [0.15, 0.2) is 0 Å². The lowest BCUT2D eigenvalue weighted by atomic mass is 9.97. The van der Waals surface area contributed by atoms with Crippen molar-refractivity contribution in [3.63, 3.8) is 0 Å². The van der Waals surface area contributed by atoms with Crippen molar-refractivity contribution < 1.29 is 17.9 Å². The van der Waals surface area contributed by atoms with Crippen LogP contribution in [-0.4, -0.2) is 37.5 Å². The molecule has 0 aliphatic rings. The number of hydrogen-bond acceptors (Lipinski definition) is 3. The van der Waals surface area contributed by atoms with Crippen LogP contribution in [0.1, 0.15) is 27.2 Å². The molecule has 1 N–H and O–H groups in total. The van der Waals surface area contributed by atoms with Crippen LogP contribution in [-0.2, 0) is 10.0 Å². The van der Waals surface area contributed by atoms with Gasteiger partial charge in [0.25, 0.3) is 0 Å². The smallest absolute Gasteiger partial charge is 0.246 e. The predicted octanol–water partition coefficient (Wildman–Crippen LogP) is 2.24. The molecule has 0 radical (unpaired) electrons. The average molecular weight is 303 g/mol. The summed E-state index contributed by atoms with van der Waals surface area (Å²) in [6.45, 7) is 6.07. The molecule has 0 amide bonds. The molecule has 0 aliphatic carbocycles. The highest BCUT2D eigenvalue weighted by Gasteiger charge is 2.30. The summed E-state index contributed by atoms with van der Waals surface area (Å²) in [4.78, 5) is -0.317. The topological polar surface area (TPSA) is 57.6 Å². The minimum Gasteiger partial charge on any atom is -0.396 e. The summed E-state index contributed by atoms with van der Waals surface area (Å²) in [6, 6.07) is 5.35. The Kier molecular flexibility index (Phi) is 5.68. The fourth-order valence-electron chi connectivity index (χ4n) is 1.85. The van der Waals surface area contributed by atoms with Crippen LogP contribution in [0.25, 0.3) is 0 Å². The van der Waals surface area contributed by atoms with E-state index in [-0.39, 0.29) is 30.0 Å². The Morgan fingerprint density at radius 1 is 1.25 bits per heavy atom. The van der Waals surface area contributed by atoms with Crippen LogP contribution in [0.3, 0.4) is 0 Å². The zero-order valence-electron chi connectivity index (χ0n) is 12.1. The highest BCUT2D eigenvalue weighted by atomic mass is 32.2. The molecule has 0 fully saturated rings. The van der Waals surface area contributed by atoms with Gasteiger partial charge in [-0.15, -0.1) is 0 Å². The Morgan fingerprint density at radius 3 is 2.35 bits per heavy atom. The number of aliphatic hydroxyl groups excluding tert-OH is 1. The van der Waals surface area contributed by atoms with Gasteiger partial charge in [0.2, 0.25) is 10.0 Å². The molecule has 6 heteroatoms. The number of aliphatic hydroxyl groups is 1. The Hall–Kier alpha value is -0.980. The molecular weight excluding hydrogens is 281 g/mol. The highest BCUT2D eigenvalue weighted by Crippen LogP contribution is 2.24. The van der Waals surface area contributed by atoms with Crippen molar-refractivity contribution in [2.45, 2.75) is 32.1 Å². The van der Waals surface area contributed by atoms with Gasteiger partial charge < -0.3 is 5.11 Å². The monoisotopic (exact) mass is 303 g/mol. The summed E-state index contributed by atoms with van der Waals surface area (Å²) in [5.41, 5.74) is -0.256.